The first kappa shape index (κ1) is 13.7. The van der Waals surface area contributed by atoms with Crippen molar-refractivity contribution in [1.29, 1.82) is 0 Å². The fourth-order valence-corrected chi connectivity index (χ4v) is 2.42. The molecule has 1 saturated heterocycles. The van der Waals surface area contributed by atoms with Gasteiger partial charge in [0.1, 0.15) is 6.33 Å². The van der Waals surface area contributed by atoms with Gasteiger partial charge < -0.3 is 9.64 Å². The third kappa shape index (κ3) is 3.43. The standard InChI is InChI=1S/C14H17N5O2/c20-14(13-16-10-17-18-13)19(9-12-2-1-7-21-12)8-11-3-5-15-6-4-11/h3-6,10,12H,1-2,7-9H2,(H,16,17,18)/t12-/m0/s1. The number of rotatable bonds is 5. The highest BCUT2D eigenvalue weighted by molar-refractivity contribution is 5.90. The summed E-state index contributed by atoms with van der Waals surface area (Å²) in [6, 6.07) is 3.80. The van der Waals surface area contributed by atoms with Crippen molar-refractivity contribution in [3.05, 3.63) is 42.2 Å². The van der Waals surface area contributed by atoms with Gasteiger partial charge >= 0.3 is 0 Å². The first-order valence-electron chi connectivity index (χ1n) is 6.98. The lowest BCUT2D eigenvalue weighted by Gasteiger charge is -2.24. The van der Waals surface area contributed by atoms with Gasteiger partial charge in [-0.15, -0.1) is 0 Å². The first-order chi connectivity index (χ1) is 10.3. The van der Waals surface area contributed by atoms with E-state index in [0.29, 0.717) is 13.1 Å². The van der Waals surface area contributed by atoms with E-state index in [1.165, 1.54) is 6.33 Å². The number of pyridine rings is 1. The molecule has 21 heavy (non-hydrogen) atoms. The molecular formula is C14H17N5O2. The van der Waals surface area contributed by atoms with Crippen LogP contribution in [0.15, 0.2) is 30.9 Å². The van der Waals surface area contributed by atoms with Gasteiger partial charge in [-0.3, -0.25) is 14.9 Å². The fraction of sp³-hybridized carbons (Fsp3) is 0.429. The number of hydrogen-bond acceptors (Lipinski definition) is 5. The zero-order valence-electron chi connectivity index (χ0n) is 11.6. The van der Waals surface area contributed by atoms with Gasteiger partial charge in [0.25, 0.3) is 5.91 Å². The van der Waals surface area contributed by atoms with Crippen LogP contribution < -0.4 is 0 Å². The minimum Gasteiger partial charge on any atom is -0.376 e. The van der Waals surface area contributed by atoms with E-state index in [4.69, 9.17) is 4.74 Å². The van der Waals surface area contributed by atoms with Crippen molar-refractivity contribution in [3.8, 4) is 0 Å². The molecule has 0 aromatic carbocycles. The number of aromatic amines is 1. The van der Waals surface area contributed by atoms with E-state index in [1.807, 2.05) is 12.1 Å². The third-order valence-electron chi connectivity index (χ3n) is 3.48. The Morgan fingerprint density at radius 1 is 1.43 bits per heavy atom. The second-order valence-electron chi connectivity index (χ2n) is 5.01. The number of H-pyrrole nitrogens is 1. The number of nitrogens with zero attached hydrogens (tertiary/aromatic N) is 4. The van der Waals surface area contributed by atoms with Crippen molar-refractivity contribution >= 4 is 5.91 Å². The monoisotopic (exact) mass is 287 g/mol. The fourth-order valence-electron chi connectivity index (χ4n) is 2.42. The number of ether oxygens (including phenoxy) is 1. The molecule has 7 nitrogen and oxygen atoms in total. The minimum atomic E-state index is -0.167. The predicted molar refractivity (Wildman–Crippen MR) is 74.3 cm³/mol. The van der Waals surface area contributed by atoms with Crippen LogP contribution in [0.2, 0.25) is 0 Å². The van der Waals surface area contributed by atoms with E-state index < -0.39 is 0 Å². The summed E-state index contributed by atoms with van der Waals surface area (Å²) < 4.78 is 5.64. The van der Waals surface area contributed by atoms with Crippen molar-refractivity contribution in [2.75, 3.05) is 13.2 Å². The van der Waals surface area contributed by atoms with E-state index in [9.17, 15) is 4.79 Å². The summed E-state index contributed by atoms with van der Waals surface area (Å²) in [5, 5.41) is 6.36. The molecular weight excluding hydrogens is 270 g/mol. The van der Waals surface area contributed by atoms with E-state index in [2.05, 4.69) is 20.2 Å². The summed E-state index contributed by atoms with van der Waals surface area (Å²) in [6.45, 7) is 1.83. The smallest absolute Gasteiger partial charge is 0.291 e. The number of carbonyl (C=O) groups excluding carboxylic acids is 1. The van der Waals surface area contributed by atoms with Crippen LogP contribution >= 0.6 is 0 Å². The van der Waals surface area contributed by atoms with Crippen LogP contribution in [0.5, 0.6) is 0 Å². The molecule has 2 aromatic heterocycles. The summed E-state index contributed by atoms with van der Waals surface area (Å²) in [6.07, 6.45) is 6.90. The Labute approximate surface area is 122 Å². The molecule has 0 aliphatic carbocycles. The molecule has 0 spiro atoms. The molecule has 0 saturated carbocycles. The highest BCUT2D eigenvalue weighted by Gasteiger charge is 2.25. The Balaban J connectivity index is 1.75. The molecule has 1 amide bonds. The molecule has 1 aliphatic rings. The maximum atomic E-state index is 12.5. The van der Waals surface area contributed by atoms with E-state index in [-0.39, 0.29) is 17.8 Å². The number of amides is 1. The SMILES string of the molecule is O=C(c1ncn[nH]1)N(Cc1ccncc1)C[C@@H]1CCCO1. The van der Waals surface area contributed by atoms with Gasteiger partial charge in [0.2, 0.25) is 5.82 Å². The lowest BCUT2D eigenvalue weighted by atomic mass is 10.2. The maximum Gasteiger partial charge on any atom is 0.291 e. The van der Waals surface area contributed by atoms with Crippen molar-refractivity contribution in [2.24, 2.45) is 0 Å². The van der Waals surface area contributed by atoms with E-state index in [1.54, 1.807) is 17.3 Å². The molecule has 1 N–H and O–H groups in total. The number of carbonyl (C=O) groups is 1. The summed E-state index contributed by atoms with van der Waals surface area (Å²) in [5.41, 5.74) is 1.02. The molecule has 3 heterocycles. The molecule has 1 atom stereocenters. The number of aromatic nitrogens is 4. The lowest BCUT2D eigenvalue weighted by molar-refractivity contribution is 0.0498. The zero-order chi connectivity index (χ0) is 14.5. The highest BCUT2D eigenvalue weighted by atomic mass is 16.5. The van der Waals surface area contributed by atoms with Gasteiger partial charge in [0.15, 0.2) is 0 Å². The minimum absolute atomic E-state index is 0.0960. The molecule has 0 unspecified atom stereocenters. The molecule has 7 heteroatoms. The Kier molecular flexibility index (Phi) is 4.20. The average Bonchev–Trinajstić information content (AvgIpc) is 3.20. The van der Waals surface area contributed by atoms with Crippen LogP contribution in [0.1, 0.15) is 29.0 Å². The Morgan fingerprint density at radius 2 is 2.29 bits per heavy atom. The molecule has 0 bridgehead atoms. The molecule has 2 aromatic rings. The summed E-state index contributed by atoms with van der Waals surface area (Å²) in [4.78, 5) is 22.2. The lowest BCUT2D eigenvalue weighted by Crippen LogP contribution is -2.37. The largest absolute Gasteiger partial charge is 0.376 e. The average molecular weight is 287 g/mol. The highest BCUT2D eigenvalue weighted by Crippen LogP contribution is 2.16. The quantitative estimate of drug-likeness (QED) is 0.887. The van der Waals surface area contributed by atoms with Gasteiger partial charge in [-0.1, -0.05) is 0 Å². The van der Waals surface area contributed by atoms with Crippen molar-refractivity contribution in [1.82, 2.24) is 25.1 Å². The van der Waals surface area contributed by atoms with Crippen LogP contribution in [-0.4, -0.2) is 50.2 Å². The van der Waals surface area contributed by atoms with Crippen LogP contribution in [0, 0.1) is 0 Å². The molecule has 3 rings (SSSR count). The summed E-state index contributed by atoms with van der Waals surface area (Å²) in [7, 11) is 0. The summed E-state index contributed by atoms with van der Waals surface area (Å²) in [5.74, 6) is 0.0851. The van der Waals surface area contributed by atoms with Crippen molar-refractivity contribution in [2.45, 2.75) is 25.5 Å². The van der Waals surface area contributed by atoms with Crippen LogP contribution in [-0.2, 0) is 11.3 Å². The van der Waals surface area contributed by atoms with Gasteiger partial charge in [-0.05, 0) is 30.5 Å². The molecule has 110 valence electrons. The van der Waals surface area contributed by atoms with Crippen LogP contribution in [0.25, 0.3) is 0 Å². The molecule has 1 fully saturated rings. The Hall–Kier alpha value is -2.28. The Bertz CT molecular complexity index is 566. The predicted octanol–water partition coefficient (Wildman–Crippen LogP) is 1.02. The second kappa shape index (κ2) is 6.45. The maximum absolute atomic E-state index is 12.5. The number of hydrogen-bond donors (Lipinski definition) is 1. The Morgan fingerprint density at radius 3 is 2.95 bits per heavy atom. The van der Waals surface area contributed by atoms with Gasteiger partial charge in [-0.25, -0.2) is 4.98 Å². The van der Waals surface area contributed by atoms with Gasteiger partial charge in [0, 0.05) is 32.1 Å². The van der Waals surface area contributed by atoms with Crippen molar-refractivity contribution < 1.29 is 9.53 Å². The summed E-state index contributed by atoms with van der Waals surface area (Å²) >= 11 is 0. The zero-order valence-corrected chi connectivity index (χ0v) is 11.6. The van der Waals surface area contributed by atoms with Gasteiger partial charge in [-0.2, -0.15) is 5.10 Å². The third-order valence-corrected chi connectivity index (χ3v) is 3.48. The second-order valence-corrected chi connectivity index (χ2v) is 5.01. The molecule has 0 radical (unpaired) electrons. The van der Waals surface area contributed by atoms with Crippen LogP contribution in [0.4, 0.5) is 0 Å². The molecule has 1 aliphatic heterocycles. The topological polar surface area (TPSA) is 84.0 Å². The van der Waals surface area contributed by atoms with Crippen LogP contribution in [0.3, 0.4) is 0 Å². The van der Waals surface area contributed by atoms with Gasteiger partial charge in [0.05, 0.1) is 6.10 Å². The normalized spacial score (nSPS) is 17.8. The first-order valence-corrected chi connectivity index (χ1v) is 6.98. The number of nitrogens with one attached hydrogen (secondary N) is 1. The van der Waals surface area contributed by atoms with E-state index >= 15 is 0 Å². The van der Waals surface area contributed by atoms with E-state index in [0.717, 1.165) is 25.0 Å². The van der Waals surface area contributed by atoms with Crippen molar-refractivity contribution in [3.63, 3.8) is 0 Å².